The fourth-order valence-corrected chi connectivity index (χ4v) is 2.23. The summed E-state index contributed by atoms with van der Waals surface area (Å²) in [5, 5.41) is 12.0. The molecule has 0 aliphatic heterocycles. The van der Waals surface area contributed by atoms with E-state index in [0.717, 1.165) is 4.47 Å². The number of hydrogen-bond acceptors (Lipinski definition) is 2. The lowest BCUT2D eigenvalue weighted by molar-refractivity contribution is 0.101. The molecule has 0 fully saturated rings. The number of phenolic OH excluding ortho intramolecular Hbond substituents is 1. The molecule has 2 aromatic rings. The summed E-state index contributed by atoms with van der Waals surface area (Å²) in [6.07, 6.45) is 1.89. The molecular weight excluding hydrogens is 308 g/mol. The third-order valence-corrected chi connectivity index (χ3v) is 3.16. The van der Waals surface area contributed by atoms with Crippen LogP contribution in [0.4, 0.5) is 5.69 Å². The minimum Gasteiger partial charge on any atom is -0.508 e. The minimum absolute atomic E-state index is 0.172. The first-order valence-electron chi connectivity index (χ1n) is 5.95. The van der Waals surface area contributed by atoms with Crippen LogP contribution < -0.4 is 5.32 Å². The first kappa shape index (κ1) is 13.7. The number of carbonyl (C=O) groups excluding carboxylic acids is 1. The maximum atomic E-state index is 12.2. The van der Waals surface area contributed by atoms with Gasteiger partial charge in [0.15, 0.2) is 0 Å². The monoisotopic (exact) mass is 322 g/mol. The van der Waals surface area contributed by atoms with Crippen LogP contribution in [-0.4, -0.2) is 15.6 Å². The molecule has 4 nitrogen and oxygen atoms in total. The van der Waals surface area contributed by atoms with Gasteiger partial charge >= 0.3 is 0 Å². The number of hydrogen-bond donors (Lipinski definition) is 2. The number of carbonyl (C=O) groups is 1. The standard InChI is InChI=1S/C14H15BrN2O2/c1-9(2)17-8-10(15)7-13(17)14(19)16-11-3-5-12(18)6-4-11/h3-9,18H,1-2H3,(H,16,19). The van der Waals surface area contributed by atoms with E-state index in [9.17, 15) is 9.90 Å². The van der Waals surface area contributed by atoms with Crippen LogP contribution >= 0.6 is 15.9 Å². The Balaban J connectivity index is 2.22. The van der Waals surface area contributed by atoms with Crippen LogP contribution in [0.5, 0.6) is 5.75 Å². The number of nitrogens with zero attached hydrogens (tertiary/aromatic N) is 1. The average molecular weight is 323 g/mol. The summed E-state index contributed by atoms with van der Waals surface area (Å²) in [6, 6.07) is 8.37. The molecule has 2 N–H and O–H groups in total. The Kier molecular flexibility index (Phi) is 3.95. The topological polar surface area (TPSA) is 54.3 Å². The molecule has 1 amide bonds. The lowest BCUT2D eigenvalue weighted by Crippen LogP contribution is -2.17. The second-order valence-electron chi connectivity index (χ2n) is 4.55. The van der Waals surface area contributed by atoms with Crippen molar-refractivity contribution < 1.29 is 9.90 Å². The highest BCUT2D eigenvalue weighted by Crippen LogP contribution is 2.21. The first-order valence-corrected chi connectivity index (χ1v) is 6.74. The molecule has 0 radical (unpaired) electrons. The summed E-state index contributed by atoms with van der Waals surface area (Å²) in [6.45, 7) is 4.04. The molecule has 0 aliphatic rings. The Hall–Kier alpha value is -1.75. The van der Waals surface area contributed by atoms with Crippen molar-refractivity contribution >= 4 is 27.5 Å². The number of nitrogens with one attached hydrogen (secondary N) is 1. The molecule has 0 saturated carbocycles. The van der Waals surface area contributed by atoms with Crippen molar-refractivity contribution in [2.24, 2.45) is 0 Å². The van der Waals surface area contributed by atoms with Gasteiger partial charge in [-0.2, -0.15) is 0 Å². The van der Waals surface area contributed by atoms with Crippen molar-refractivity contribution in [1.82, 2.24) is 4.57 Å². The second-order valence-corrected chi connectivity index (χ2v) is 5.46. The Morgan fingerprint density at radius 1 is 1.32 bits per heavy atom. The highest BCUT2D eigenvalue weighted by Gasteiger charge is 2.15. The zero-order chi connectivity index (χ0) is 14.0. The largest absolute Gasteiger partial charge is 0.508 e. The van der Waals surface area contributed by atoms with Crippen LogP contribution in [-0.2, 0) is 0 Å². The summed E-state index contributed by atoms with van der Waals surface area (Å²) >= 11 is 3.38. The molecule has 0 saturated heterocycles. The van der Waals surface area contributed by atoms with Gasteiger partial charge in [-0.25, -0.2) is 0 Å². The lowest BCUT2D eigenvalue weighted by Gasteiger charge is -2.12. The number of rotatable bonds is 3. The maximum Gasteiger partial charge on any atom is 0.272 e. The van der Waals surface area contributed by atoms with E-state index in [1.165, 1.54) is 12.1 Å². The van der Waals surface area contributed by atoms with Crippen LogP contribution in [0.1, 0.15) is 30.4 Å². The van der Waals surface area contributed by atoms with Crippen LogP contribution in [0.3, 0.4) is 0 Å². The number of aromatic nitrogens is 1. The quantitative estimate of drug-likeness (QED) is 0.845. The number of phenols is 1. The van der Waals surface area contributed by atoms with E-state index in [4.69, 9.17) is 0 Å². The van der Waals surface area contributed by atoms with E-state index in [-0.39, 0.29) is 17.7 Å². The average Bonchev–Trinajstić information content (AvgIpc) is 2.74. The fourth-order valence-electron chi connectivity index (χ4n) is 1.79. The van der Waals surface area contributed by atoms with Gasteiger partial charge in [0.05, 0.1) is 0 Å². The molecule has 19 heavy (non-hydrogen) atoms. The molecule has 0 spiro atoms. The molecule has 0 aliphatic carbocycles. The third kappa shape index (κ3) is 3.17. The Morgan fingerprint density at radius 2 is 1.95 bits per heavy atom. The molecule has 1 heterocycles. The van der Waals surface area contributed by atoms with Gasteiger partial charge in [-0.05, 0) is 60.1 Å². The summed E-state index contributed by atoms with van der Waals surface area (Å²) in [4.78, 5) is 12.2. The van der Waals surface area contributed by atoms with Crippen molar-refractivity contribution in [3.63, 3.8) is 0 Å². The van der Waals surface area contributed by atoms with E-state index in [2.05, 4.69) is 21.2 Å². The summed E-state index contributed by atoms with van der Waals surface area (Å²) in [5.41, 5.74) is 1.24. The molecular formula is C14H15BrN2O2. The van der Waals surface area contributed by atoms with E-state index in [0.29, 0.717) is 11.4 Å². The first-order chi connectivity index (χ1) is 8.97. The van der Waals surface area contributed by atoms with Crippen LogP contribution in [0.2, 0.25) is 0 Å². The van der Waals surface area contributed by atoms with Crippen molar-refractivity contribution in [1.29, 1.82) is 0 Å². The van der Waals surface area contributed by atoms with Gasteiger partial charge in [-0.1, -0.05) is 0 Å². The zero-order valence-electron chi connectivity index (χ0n) is 10.7. The van der Waals surface area contributed by atoms with E-state index < -0.39 is 0 Å². The van der Waals surface area contributed by atoms with Gasteiger partial charge in [0.2, 0.25) is 0 Å². The number of aromatic hydroxyl groups is 1. The van der Waals surface area contributed by atoms with Gasteiger partial charge in [0.25, 0.3) is 5.91 Å². The van der Waals surface area contributed by atoms with Crippen LogP contribution in [0, 0.1) is 0 Å². The minimum atomic E-state index is -0.176. The number of amides is 1. The Bertz CT molecular complexity index is 588. The highest BCUT2D eigenvalue weighted by atomic mass is 79.9. The lowest BCUT2D eigenvalue weighted by atomic mass is 10.3. The highest BCUT2D eigenvalue weighted by molar-refractivity contribution is 9.10. The summed E-state index contributed by atoms with van der Waals surface area (Å²) in [7, 11) is 0. The molecule has 0 atom stereocenters. The number of halogens is 1. The van der Waals surface area contributed by atoms with Crippen molar-refractivity contribution in [2.45, 2.75) is 19.9 Å². The predicted molar refractivity (Wildman–Crippen MR) is 78.6 cm³/mol. The predicted octanol–water partition coefficient (Wildman–Crippen LogP) is 3.79. The normalized spacial score (nSPS) is 10.7. The van der Waals surface area contributed by atoms with Gasteiger partial charge < -0.3 is 15.0 Å². The van der Waals surface area contributed by atoms with Crippen molar-refractivity contribution in [3.8, 4) is 5.75 Å². The number of anilines is 1. The summed E-state index contributed by atoms with van der Waals surface area (Å²) in [5.74, 6) is -0.00334. The maximum absolute atomic E-state index is 12.2. The van der Waals surface area contributed by atoms with Crippen molar-refractivity contribution in [3.05, 3.63) is 46.7 Å². The molecule has 100 valence electrons. The second kappa shape index (κ2) is 5.48. The van der Waals surface area contributed by atoms with Crippen LogP contribution in [0.15, 0.2) is 41.0 Å². The van der Waals surface area contributed by atoms with Crippen molar-refractivity contribution in [2.75, 3.05) is 5.32 Å². The molecule has 1 aromatic carbocycles. The van der Waals surface area contributed by atoms with Gasteiger partial charge in [0, 0.05) is 22.4 Å². The molecule has 1 aromatic heterocycles. The number of benzene rings is 1. The zero-order valence-corrected chi connectivity index (χ0v) is 12.3. The van der Waals surface area contributed by atoms with Crippen LogP contribution in [0.25, 0.3) is 0 Å². The van der Waals surface area contributed by atoms with Gasteiger partial charge in [0.1, 0.15) is 11.4 Å². The fraction of sp³-hybridized carbons (Fsp3) is 0.214. The Labute approximate surface area is 120 Å². The van der Waals surface area contributed by atoms with E-state index in [1.54, 1.807) is 18.2 Å². The molecule has 0 unspecified atom stereocenters. The molecule has 0 bridgehead atoms. The van der Waals surface area contributed by atoms with E-state index in [1.807, 2.05) is 24.6 Å². The van der Waals surface area contributed by atoms with Gasteiger partial charge in [-0.15, -0.1) is 0 Å². The smallest absolute Gasteiger partial charge is 0.272 e. The van der Waals surface area contributed by atoms with E-state index >= 15 is 0 Å². The summed E-state index contributed by atoms with van der Waals surface area (Å²) < 4.78 is 2.77. The SMILES string of the molecule is CC(C)n1cc(Br)cc1C(=O)Nc1ccc(O)cc1. The van der Waals surface area contributed by atoms with Gasteiger partial charge in [-0.3, -0.25) is 4.79 Å². The molecule has 5 heteroatoms. The third-order valence-electron chi connectivity index (χ3n) is 2.73. The Morgan fingerprint density at radius 3 is 2.53 bits per heavy atom. The molecule has 2 rings (SSSR count).